The van der Waals surface area contributed by atoms with Crippen LogP contribution in [0, 0.1) is 0 Å². The second kappa shape index (κ2) is 5.47. The Morgan fingerprint density at radius 1 is 1.06 bits per heavy atom. The SMILES string of the molecule is CNc1ccc(C(=O)C(O)c2ccccc2)cc1. The van der Waals surface area contributed by atoms with E-state index >= 15 is 0 Å². The number of anilines is 1. The fourth-order valence-electron chi connectivity index (χ4n) is 1.75. The Labute approximate surface area is 106 Å². The normalized spacial score (nSPS) is 11.9. The Morgan fingerprint density at radius 3 is 2.22 bits per heavy atom. The van der Waals surface area contributed by atoms with E-state index in [9.17, 15) is 9.90 Å². The van der Waals surface area contributed by atoms with Gasteiger partial charge >= 0.3 is 0 Å². The van der Waals surface area contributed by atoms with Crippen molar-refractivity contribution in [2.75, 3.05) is 12.4 Å². The molecule has 0 saturated carbocycles. The first-order valence-electron chi connectivity index (χ1n) is 5.77. The van der Waals surface area contributed by atoms with E-state index in [1.807, 2.05) is 25.2 Å². The lowest BCUT2D eigenvalue weighted by Gasteiger charge is -2.10. The van der Waals surface area contributed by atoms with Crippen molar-refractivity contribution in [3.8, 4) is 0 Å². The molecule has 92 valence electrons. The molecule has 0 aliphatic heterocycles. The van der Waals surface area contributed by atoms with Crippen LogP contribution in [0.2, 0.25) is 0 Å². The van der Waals surface area contributed by atoms with Crippen LogP contribution in [0.25, 0.3) is 0 Å². The minimum absolute atomic E-state index is 0.288. The first-order valence-corrected chi connectivity index (χ1v) is 5.77. The summed E-state index contributed by atoms with van der Waals surface area (Å²) in [5.74, 6) is -0.288. The van der Waals surface area contributed by atoms with Gasteiger partial charge in [0.1, 0.15) is 6.10 Å². The maximum absolute atomic E-state index is 12.1. The van der Waals surface area contributed by atoms with Gasteiger partial charge in [-0.05, 0) is 29.8 Å². The molecular formula is C15H15NO2. The number of rotatable bonds is 4. The van der Waals surface area contributed by atoms with Crippen LogP contribution in [0.15, 0.2) is 54.6 Å². The summed E-state index contributed by atoms with van der Waals surface area (Å²) >= 11 is 0. The van der Waals surface area contributed by atoms with E-state index in [0.29, 0.717) is 11.1 Å². The van der Waals surface area contributed by atoms with Gasteiger partial charge in [-0.2, -0.15) is 0 Å². The summed E-state index contributed by atoms with van der Waals surface area (Å²) in [6.45, 7) is 0. The minimum atomic E-state index is -1.10. The molecule has 2 aromatic rings. The number of hydrogen-bond donors (Lipinski definition) is 2. The molecule has 0 radical (unpaired) electrons. The van der Waals surface area contributed by atoms with Crippen LogP contribution in [0.5, 0.6) is 0 Å². The zero-order valence-corrected chi connectivity index (χ0v) is 10.1. The van der Waals surface area contributed by atoms with Gasteiger partial charge in [0.2, 0.25) is 0 Å². The molecule has 3 nitrogen and oxygen atoms in total. The number of Topliss-reactive ketones (excluding diaryl/α,β-unsaturated/α-hetero) is 1. The summed E-state index contributed by atoms with van der Waals surface area (Å²) in [5.41, 5.74) is 2.05. The van der Waals surface area contributed by atoms with Gasteiger partial charge in [-0.15, -0.1) is 0 Å². The molecule has 0 heterocycles. The Hall–Kier alpha value is -2.13. The third-order valence-electron chi connectivity index (χ3n) is 2.82. The van der Waals surface area contributed by atoms with Gasteiger partial charge in [0, 0.05) is 18.3 Å². The highest BCUT2D eigenvalue weighted by molar-refractivity contribution is 6.00. The largest absolute Gasteiger partial charge is 0.388 e. The lowest BCUT2D eigenvalue weighted by atomic mass is 10.00. The molecule has 1 atom stereocenters. The van der Waals surface area contributed by atoms with E-state index in [1.165, 1.54) is 0 Å². The van der Waals surface area contributed by atoms with Gasteiger partial charge in [0.15, 0.2) is 5.78 Å². The average Bonchev–Trinajstić information content (AvgIpc) is 2.47. The number of aliphatic hydroxyl groups excluding tert-OH is 1. The van der Waals surface area contributed by atoms with E-state index in [-0.39, 0.29) is 5.78 Å². The molecule has 18 heavy (non-hydrogen) atoms. The third-order valence-corrected chi connectivity index (χ3v) is 2.82. The summed E-state index contributed by atoms with van der Waals surface area (Å²) in [7, 11) is 1.82. The second-order valence-corrected chi connectivity index (χ2v) is 4.00. The van der Waals surface area contributed by atoms with Gasteiger partial charge in [0.05, 0.1) is 0 Å². The van der Waals surface area contributed by atoms with Crippen LogP contribution in [0.4, 0.5) is 5.69 Å². The van der Waals surface area contributed by atoms with E-state index in [0.717, 1.165) is 5.69 Å². The summed E-state index contributed by atoms with van der Waals surface area (Å²) in [6, 6.07) is 16.0. The first kappa shape index (κ1) is 12.3. The number of aliphatic hydroxyl groups is 1. The smallest absolute Gasteiger partial charge is 0.195 e. The van der Waals surface area contributed by atoms with Crippen molar-refractivity contribution in [2.24, 2.45) is 0 Å². The zero-order valence-electron chi connectivity index (χ0n) is 10.1. The molecule has 2 N–H and O–H groups in total. The highest BCUT2D eigenvalue weighted by atomic mass is 16.3. The van der Waals surface area contributed by atoms with Crippen molar-refractivity contribution in [3.63, 3.8) is 0 Å². The molecule has 1 unspecified atom stereocenters. The Bertz CT molecular complexity index is 520. The molecule has 0 saturated heterocycles. The van der Waals surface area contributed by atoms with Crippen LogP contribution in [0.1, 0.15) is 22.0 Å². The lowest BCUT2D eigenvalue weighted by molar-refractivity contribution is 0.0747. The fourth-order valence-corrected chi connectivity index (χ4v) is 1.75. The zero-order chi connectivity index (χ0) is 13.0. The summed E-state index contributed by atoms with van der Waals surface area (Å²) in [6.07, 6.45) is -1.10. The Kier molecular flexibility index (Phi) is 3.75. The van der Waals surface area contributed by atoms with Crippen LogP contribution in [-0.2, 0) is 0 Å². The van der Waals surface area contributed by atoms with Crippen LogP contribution in [-0.4, -0.2) is 17.9 Å². The van der Waals surface area contributed by atoms with E-state index in [2.05, 4.69) is 5.32 Å². The molecule has 0 aliphatic rings. The molecule has 3 heteroatoms. The summed E-state index contributed by atoms with van der Waals surface area (Å²) in [5, 5.41) is 13.0. The molecule has 2 rings (SSSR count). The quantitative estimate of drug-likeness (QED) is 0.809. The molecule has 0 aliphatic carbocycles. The standard InChI is InChI=1S/C15H15NO2/c1-16-13-9-7-12(8-10-13)15(18)14(17)11-5-3-2-4-6-11/h2-10,14,16-17H,1H3. The van der Waals surface area contributed by atoms with Gasteiger partial charge in [-0.25, -0.2) is 0 Å². The molecule has 0 fully saturated rings. The van der Waals surface area contributed by atoms with E-state index in [4.69, 9.17) is 0 Å². The van der Waals surface area contributed by atoms with Crippen LogP contribution in [0.3, 0.4) is 0 Å². The van der Waals surface area contributed by atoms with Crippen molar-refractivity contribution in [1.29, 1.82) is 0 Å². The predicted octanol–water partition coefficient (Wildman–Crippen LogP) is 2.64. The Morgan fingerprint density at radius 2 is 1.67 bits per heavy atom. The predicted molar refractivity (Wildman–Crippen MR) is 71.7 cm³/mol. The highest BCUT2D eigenvalue weighted by Gasteiger charge is 2.18. The maximum Gasteiger partial charge on any atom is 0.195 e. The molecule has 0 amide bonds. The third kappa shape index (κ3) is 2.57. The number of ketones is 1. The van der Waals surface area contributed by atoms with Crippen molar-refractivity contribution >= 4 is 11.5 Å². The second-order valence-electron chi connectivity index (χ2n) is 4.00. The average molecular weight is 241 g/mol. The highest BCUT2D eigenvalue weighted by Crippen LogP contribution is 2.19. The van der Waals surface area contributed by atoms with Gasteiger partial charge < -0.3 is 10.4 Å². The Balaban J connectivity index is 2.20. The van der Waals surface area contributed by atoms with Crippen molar-refractivity contribution in [3.05, 3.63) is 65.7 Å². The van der Waals surface area contributed by atoms with Crippen LogP contribution < -0.4 is 5.32 Å². The molecule has 0 aromatic heterocycles. The van der Waals surface area contributed by atoms with Gasteiger partial charge in [0.25, 0.3) is 0 Å². The van der Waals surface area contributed by atoms with Crippen molar-refractivity contribution in [2.45, 2.75) is 6.10 Å². The topological polar surface area (TPSA) is 49.3 Å². The summed E-state index contributed by atoms with van der Waals surface area (Å²) < 4.78 is 0. The molecule has 0 bridgehead atoms. The first-order chi connectivity index (χ1) is 8.72. The van der Waals surface area contributed by atoms with Crippen molar-refractivity contribution in [1.82, 2.24) is 0 Å². The number of hydrogen-bond acceptors (Lipinski definition) is 3. The maximum atomic E-state index is 12.1. The minimum Gasteiger partial charge on any atom is -0.388 e. The van der Waals surface area contributed by atoms with Crippen molar-refractivity contribution < 1.29 is 9.90 Å². The number of carbonyl (C=O) groups is 1. The summed E-state index contributed by atoms with van der Waals surface area (Å²) in [4.78, 5) is 12.1. The number of carbonyl (C=O) groups excluding carboxylic acids is 1. The van der Waals surface area contributed by atoms with Gasteiger partial charge in [-0.1, -0.05) is 30.3 Å². The lowest BCUT2D eigenvalue weighted by Crippen LogP contribution is -2.12. The van der Waals surface area contributed by atoms with E-state index < -0.39 is 6.10 Å². The molecular weight excluding hydrogens is 226 g/mol. The fraction of sp³-hybridized carbons (Fsp3) is 0.133. The number of nitrogens with one attached hydrogen (secondary N) is 1. The van der Waals surface area contributed by atoms with E-state index in [1.54, 1.807) is 36.4 Å². The number of benzene rings is 2. The molecule has 0 spiro atoms. The van der Waals surface area contributed by atoms with Crippen LogP contribution >= 0.6 is 0 Å². The monoisotopic (exact) mass is 241 g/mol. The van der Waals surface area contributed by atoms with Gasteiger partial charge in [-0.3, -0.25) is 4.79 Å². The molecule has 2 aromatic carbocycles.